The predicted molar refractivity (Wildman–Crippen MR) is 80.1 cm³/mol. The summed E-state index contributed by atoms with van der Waals surface area (Å²) in [5.74, 6) is -0.465. The molecule has 1 saturated carbocycles. The fourth-order valence-electron chi connectivity index (χ4n) is 2.60. The van der Waals surface area contributed by atoms with Gasteiger partial charge in [0.1, 0.15) is 6.54 Å². The lowest BCUT2D eigenvalue weighted by Crippen LogP contribution is -2.19. The molecule has 6 heteroatoms. The lowest BCUT2D eigenvalue weighted by Gasteiger charge is -2.14. The van der Waals surface area contributed by atoms with Crippen molar-refractivity contribution in [2.45, 2.75) is 38.3 Å². The molecule has 0 spiro atoms. The lowest BCUT2D eigenvalue weighted by molar-refractivity contribution is -0.116. The van der Waals surface area contributed by atoms with Crippen molar-refractivity contribution in [1.29, 1.82) is 0 Å². The lowest BCUT2D eigenvalue weighted by atomic mass is 10.2. The van der Waals surface area contributed by atoms with Crippen molar-refractivity contribution in [2.24, 2.45) is 0 Å². The van der Waals surface area contributed by atoms with Crippen LogP contribution in [-0.2, 0) is 11.3 Å². The summed E-state index contributed by atoms with van der Waals surface area (Å²) < 4.78 is 21.2. The molecule has 1 aromatic heterocycles. The topological polar surface area (TPSA) is 56.2 Å². The standard InChI is InChI=1S/C16H18FN3O2/c17-14-10-12(19-16(21)11-20-9-3-8-18-20)6-7-15(14)22-13-4-1-2-5-13/h3,6-10,13H,1-2,4-5,11H2,(H,19,21). The summed E-state index contributed by atoms with van der Waals surface area (Å²) >= 11 is 0. The number of nitrogens with zero attached hydrogens (tertiary/aromatic N) is 2. The van der Waals surface area contributed by atoms with Gasteiger partial charge < -0.3 is 10.1 Å². The molecule has 0 bridgehead atoms. The van der Waals surface area contributed by atoms with Crippen LogP contribution < -0.4 is 10.1 Å². The normalized spacial score (nSPS) is 15.0. The van der Waals surface area contributed by atoms with Crippen LogP contribution in [-0.4, -0.2) is 21.8 Å². The number of carbonyl (C=O) groups is 1. The fraction of sp³-hybridized carbons (Fsp3) is 0.375. The number of hydrogen-bond acceptors (Lipinski definition) is 3. The van der Waals surface area contributed by atoms with E-state index in [9.17, 15) is 9.18 Å². The number of halogens is 1. The number of benzene rings is 1. The average molecular weight is 303 g/mol. The van der Waals surface area contributed by atoms with E-state index in [-0.39, 0.29) is 24.3 Å². The van der Waals surface area contributed by atoms with Crippen LogP contribution in [0.3, 0.4) is 0 Å². The minimum absolute atomic E-state index is 0.0922. The summed E-state index contributed by atoms with van der Waals surface area (Å²) in [5.41, 5.74) is 0.411. The second-order valence-electron chi connectivity index (χ2n) is 5.42. The van der Waals surface area contributed by atoms with Gasteiger partial charge in [-0.3, -0.25) is 9.48 Å². The van der Waals surface area contributed by atoms with Gasteiger partial charge in [-0.15, -0.1) is 0 Å². The van der Waals surface area contributed by atoms with Gasteiger partial charge in [-0.1, -0.05) is 0 Å². The zero-order valence-electron chi connectivity index (χ0n) is 12.2. The SMILES string of the molecule is O=C(Cn1cccn1)Nc1ccc(OC2CCCC2)c(F)c1. The van der Waals surface area contributed by atoms with Gasteiger partial charge in [0, 0.05) is 24.1 Å². The van der Waals surface area contributed by atoms with Crippen LogP contribution in [0.25, 0.3) is 0 Å². The molecular weight excluding hydrogens is 285 g/mol. The third kappa shape index (κ3) is 3.63. The minimum atomic E-state index is -0.455. The number of rotatable bonds is 5. The molecule has 2 aromatic rings. The molecular formula is C16H18FN3O2. The van der Waals surface area contributed by atoms with Crippen LogP contribution in [0.2, 0.25) is 0 Å². The highest BCUT2D eigenvalue weighted by molar-refractivity contribution is 5.90. The monoisotopic (exact) mass is 303 g/mol. The van der Waals surface area contributed by atoms with E-state index in [1.165, 1.54) is 10.7 Å². The summed E-state index contributed by atoms with van der Waals surface area (Å²) in [4.78, 5) is 11.8. The van der Waals surface area contributed by atoms with Gasteiger partial charge in [0.25, 0.3) is 0 Å². The Labute approximate surface area is 128 Å². The van der Waals surface area contributed by atoms with Gasteiger partial charge in [-0.05, 0) is 43.9 Å². The van der Waals surface area contributed by atoms with Crippen molar-refractivity contribution in [3.63, 3.8) is 0 Å². The zero-order chi connectivity index (χ0) is 15.4. The maximum Gasteiger partial charge on any atom is 0.246 e. The molecule has 1 aromatic carbocycles. The predicted octanol–water partition coefficient (Wildman–Crippen LogP) is 2.98. The minimum Gasteiger partial charge on any atom is -0.487 e. The van der Waals surface area contributed by atoms with E-state index in [4.69, 9.17) is 4.74 Å². The van der Waals surface area contributed by atoms with Gasteiger partial charge in [-0.25, -0.2) is 4.39 Å². The molecule has 22 heavy (non-hydrogen) atoms. The van der Waals surface area contributed by atoms with Crippen LogP contribution in [0, 0.1) is 5.82 Å². The highest BCUT2D eigenvalue weighted by atomic mass is 19.1. The third-order valence-electron chi connectivity index (χ3n) is 3.68. The maximum absolute atomic E-state index is 14.0. The Hall–Kier alpha value is -2.37. The summed E-state index contributed by atoms with van der Waals surface area (Å²) in [6.45, 7) is 0.0922. The molecule has 1 aliphatic rings. The van der Waals surface area contributed by atoms with Crippen LogP contribution in [0.15, 0.2) is 36.7 Å². The van der Waals surface area contributed by atoms with E-state index < -0.39 is 5.82 Å². The van der Waals surface area contributed by atoms with Gasteiger partial charge in [0.05, 0.1) is 6.10 Å². The molecule has 0 radical (unpaired) electrons. The first-order chi connectivity index (χ1) is 10.7. The first-order valence-electron chi connectivity index (χ1n) is 7.44. The summed E-state index contributed by atoms with van der Waals surface area (Å²) in [5, 5.41) is 6.60. The maximum atomic E-state index is 14.0. The van der Waals surface area contributed by atoms with E-state index in [0.717, 1.165) is 25.7 Å². The molecule has 1 amide bonds. The molecule has 1 N–H and O–H groups in total. The Morgan fingerprint density at radius 2 is 2.23 bits per heavy atom. The second-order valence-corrected chi connectivity index (χ2v) is 5.42. The quantitative estimate of drug-likeness (QED) is 0.924. The second kappa shape index (κ2) is 6.60. The average Bonchev–Trinajstić information content (AvgIpc) is 3.15. The number of nitrogens with one attached hydrogen (secondary N) is 1. The van der Waals surface area contributed by atoms with Crippen molar-refractivity contribution in [3.05, 3.63) is 42.5 Å². The van der Waals surface area contributed by atoms with Crippen molar-refractivity contribution in [3.8, 4) is 5.75 Å². The smallest absolute Gasteiger partial charge is 0.246 e. The van der Waals surface area contributed by atoms with Crippen molar-refractivity contribution in [1.82, 2.24) is 9.78 Å². The number of aromatic nitrogens is 2. The first-order valence-corrected chi connectivity index (χ1v) is 7.44. The summed E-state index contributed by atoms with van der Waals surface area (Å²) in [6, 6.07) is 6.24. The Kier molecular flexibility index (Phi) is 4.37. The number of carbonyl (C=O) groups excluding carboxylic acids is 1. The molecule has 0 saturated heterocycles. The van der Waals surface area contributed by atoms with E-state index in [0.29, 0.717) is 5.69 Å². The highest BCUT2D eigenvalue weighted by Crippen LogP contribution is 2.27. The molecule has 1 heterocycles. The number of anilines is 1. The largest absolute Gasteiger partial charge is 0.487 e. The summed E-state index contributed by atoms with van der Waals surface area (Å²) in [6.07, 6.45) is 7.61. The van der Waals surface area contributed by atoms with Crippen LogP contribution in [0.1, 0.15) is 25.7 Å². The van der Waals surface area contributed by atoms with Crippen LogP contribution in [0.4, 0.5) is 10.1 Å². The Bertz CT molecular complexity index is 637. The van der Waals surface area contributed by atoms with Gasteiger partial charge in [-0.2, -0.15) is 5.10 Å². The molecule has 5 nitrogen and oxygen atoms in total. The van der Waals surface area contributed by atoms with Gasteiger partial charge >= 0.3 is 0 Å². The zero-order valence-corrected chi connectivity index (χ0v) is 12.2. The van der Waals surface area contributed by atoms with Gasteiger partial charge in [0.15, 0.2) is 11.6 Å². The first kappa shape index (κ1) is 14.6. The molecule has 0 unspecified atom stereocenters. The summed E-state index contributed by atoms with van der Waals surface area (Å²) in [7, 11) is 0. The van der Waals surface area contributed by atoms with Crippen molar-refractivity contribution >= 4 is 11.6 Å². The molecule has 0 aliphatic heterocycles. The Morgan fingerprint density at radius 1 is 1.41 bits per heavy atom. The van der Waals surface area contributed by atoms with E-state index in [2.05, 4.69) is 10.4 Å². The van der Waals surface area contributed by atoms with Crippen molar-refractivity contribution < 1.29 is 13.9 Å². The van der Waals surface area contributed by atoms with E-state index in [1.54, 1.807) is 30.6 Å². The molecule has 116 valence electrons. The number of amides is 1. The van der Waals surface area contributed by atoms with Crippen LogP contribution >= 0.6 is 0 Å². The van der Waals surface area contributed by atoms with Gasteiger partial charge in [0.2, 0.25) is 5.91 Å². The third-order valence-corrected chi connectivity index (χ3v) is 3.68. The number of ether oxygens (including phenoxy) is 1. The van der Waals surface area contributed by atoms with Crippen molar-refractivity contribution in [2.75, 3.05) is 5.32 Å². The Balaban J connectivity index is 1.60. The van der Waals surface area contributed by atoms with E-state index in [1.807, 2.05) is 0 Å². The van der Waals surface area contributed by atoms with Crippen LogP contribution in [0.5, 0.6) is 5.75 Å². The van der Waals surface area contributed by atoms with E-state index >= 15 is 0 Å². The molecule has 1 fully saturated rings. The molecule has 0 atom stereocenters. The molecule has 3 rings (SSSR count). The highest BCUT2D eigenvalue weighted by Gasteiger charge is 2.18. The number of hydrogen-bond donors (Lipinski definition) is 1. The Morgan fingerprint density at radius 3 is 2.91 bits per heavy atom. The fourth-order valence-corrected chi connectivity index (χ4v) is 2.60. The molecule has 1 aliphatic carbocycles.